The van der Waals surface area contributed by atoms with Gasteiger partial charge >= 0.3 is 0 Å². The highest BCUT2D eigenvalue weighted by Gasteiger charge is 2.21. The van der Waals surface area contributed by atoms with Crippen LogP contribution in [-0.4, -0.2) is 67.4 Å². The minimum atomic E-state index is -0.531. The number of morpholine rings is 1. The zero-order chi connectivity index (χ0) is 18.6. The minimum Gasteiger partial charge on any atom is -0.378 e. The Morgan fingerprint density at radius 1 is 0.889 bits per heavy atom. The molecule has 2 aromatic rings. The number of benzene rings is 1. The Morgan fingerprint density at radius 2 is 1.59 bits per heavy atom. The number of piperazine rings is 1. The van der Waals surface area contributed by atoms with Crippen LogP contribution in [0.2, 0.25) is 0 Å². The Balaban J connectivity index is 1.36. The van der Waals surface area contributed by atoms with E-state index in [9.17, 15) is 8.78 Å². The van der Waals surface area contributed by atoms with E-state index in [2.05, 4.69) is 19.7 Å². The maximum atomic E-state index is 13.4. The van der Waals surface area contributed by atoms with Crippen LogP contribution < -0.4 is 9.80 Å². The second-order valence-electron chi connectivity index (χ2n) is 6.86. The van der Waals surface area contributed by atoms with E-state index in [4.69, 9.17) is 9.72 Å². The smallest absolute Gasteiger partial charge is 0.227 e. The molecule has 1 aromatic heterocycles. The summed E-state index contributed by atoms with van der Waals surface area (Å²) in [6.07, 6.45) is 1.80. The van der Waals surface area contributed by atoms with Crippen molar-refractivity contribution in [3.05, 3.63) is 47.7 Å². The standard InChI is InChI=1S/C19H23F2N5O/c20-16-11-15(12-17(21)13-16)14-24-3-5-26(6-4-24)19-22-2-1-18(23-19)25-7-9-27-10-8-25/h1-2,11-13H,3-10,14H2. The number of rotatable bonds is 4. The first-order valence-electron chi connectivity index (χ1n) is 9.25. The molecule has 0 amide bonds. The SMILES string of the molecule is Fc1cc(F)cc(CN2CCN(c3nccc(N4CCOCC4)n3)CC2)c1. The summed E-state index contributed by atoms with van der Waals surface area (Å²) >= 11 is 0. The molecule has 0 radical (unpaired) electrons. The van der Waals surface area contributed by atoms with Crippen molar-refractivity contribution in [2.75, 3.05) is 62.3 Å². The highest BCUT2D eigenvalue weighted by Crippen LogP contribution is 2.18. The van der Waals surface area contributed by atoms with Gasteiger partial charge < -0.3 is 14.5 Å². The second kappa shape index (κ2) is 8.14. The zero-order valence-corrected chi connectivity index (χ0v) is 15.2. The first-order valence-corrected chi connectivity index (χ1v) is 9.25. The number of anilines is 2. The van der Waals surface area contributed by atoms with Crippen LogP contribution in [0, 0.1) is 11.6 Å². The lowest BCUT2D eigenvalue weighted by atomic mass is 10.2. The Bertz CT molecular complexity index is 756. The number of hydrogen-bond acceptors (Lipinski definition) is 6. The lowest BCUT2D eigenvalue weighted by Gasteiger charge is -2.35. The third-order valence-electron chi connectivity index (χ3n) is 4.95. The molecule has 0 N–H and O–H groups in total. The fourth-order valence-electron chi connectivity index (χ4n) is 3.53. The van der Waals surface area contributed by atoms with E-state index in [0.717, 1.165) is 70.3 Å². The van der Waals surface area contributed by atoms with Gasteiger partial charge in [0.15, 0.2) is 0 Å². The molecular weight excluding hydrogens is 352 g/mol. The lowest BCUT2D eigenvalue weighted by Crippen LogP contribution is -2.46. The maximum absolute atomic E-state index is 13.4. The molecular formula is C19H23F2N5O. The summed E-state index contributed by atoms with van der Waals surface area (Å²) < 4.78 is 32.1. The molecule has 3 heterocycles. The summed E-state index contributed by atoms with van der Waals surface area (Å²) in [5, 5.41) is 0. The Kier molecular flexibility index (Phi) is 5.45. The van der Waals surface area contributed by atoms with Crippen molar-refractivity contribution < 1.29 is 13.5 Å². The Morgan fingerprint density at radius 3 is 2.30 bits per heavy atom. The first-order chi connectivity index (χ1) is 13.2. The van der Waals surface area contributed by atoms with E-state index in [1.165, 1.54) is 12.1 Å². The van der Waals surface area contributed by atoms with Gasteiger partial charge in [-0.1, -0.05) is 0 Å². The van der Waals surface area contributed by atoms with Gasteiger partial charge in [0.05, 0.1) is 13.2 Å². The fourth-order valence-corrected chi connectivity index (χ4v) is 3.53. The highest BCUT2D eigenvalue weighted by molar-refractivity contribution is 5.44. The second-order valence-corrected chi connectivity index (χ2v) is 6.86. The molecule has 0 aliphatic carbocycles. The fraction of sp³-hybridized carbons (Fsp3) is 0.474. The quantitative estimate of drug-likeness (QED) is 0.814. The van der Waals surface area contributed by atoms with Gasteiger partial charge in [0, 0.05) is 58.1 Å². The summed E-state index contributed by atoms with van der Waals surface area (Å²) in [4.78, 5) is 15.7. The summed E-state index contributed by atoms with van der Waals surface area (Å²) in [7, 11) is 0. The number of ether oxygens (including phenoxy) is 1. The van der Waals surface area contributed by atoms with E-state index >= 15 is 0 Å². The van der Waals surface area contributed by atoms with Gasteiger partial charge in [-0.05, 0) is 23.8 Å². The van der Waals surface area contributed by atoms with Crippen LogP contribution in [0.3, 0.4) is 0 Å². The largest absolute Gasteiger partial charge is 0.378 e. The van der Waals surface area contributed by atoms with Crippen LogP contribution in [0.4, 0.5) is 20.5 Å². The van der Waals surface area contributed by atoms with Crippen molar-refractivity contribution in [3.8, 4) is 0 Å². The zero-order valence-electron chi connectivity index (χ0n) is 15.2. The van der Waals surface area contributed by atoms with E-state index < -0.39 is 11.6 Å². The molecule has 2 aliphatic rings. The summed E-state index contributed by atoms with van der Waals surface area (Å²) in [6.45, 7) is 6.82. The van der Waals surface area contributed by atoms with Crippen LogP contribution in [0.1, 0.15) is 5.56 Å². The normalized spacial score (nSPS) is 18.7. The van der Waals surface area contributed by atoms with Crippen LogP contribution >= 0.6 is 0 Å². The highest BCUT2D eigenvalue weighted by atomic mass is 19.1. The van der Waals surface area contributed by atoms with Crippen molar-refractivity contribution in [3.63, 3.8) is 0 Å². The molecule has 2 saturated heterocycles. The van der Waals surface area contributed by atoms with E-state index in [1.807, 2.05) is 6.07 Å². The predicted molar refractivity (Wildman–Crippen MR) is 98.9 cm³/mol. The van der Waals surface area contributed by atoms with Crippen molar-refractivity contribution >= 4 is 11.8 Å². The average molecular weight is 375 g/mol. The van der Waals surface area contributed by atoms with E-state index in [-0.39, 0.29) is 0 Å². The van der Waals surface area contributed by atoms with Crippen molar-refractivity contribution in [2.24, 2.45) is 0 Å². The number of hydrogen-bond donors (Lipinski definition) is 0. The van der Waals surface area contributed by atoms with Crippen LogP contribution in [0.15, 0.2) is 30.5 Å². The van der Waals surface area contributed by atoms with Crippen molar-refractivity contribution in [1.82, 2.24) is 14.9 Å². The molecule has 0 saturated carbocycles. The minimum absolute atomic E-state index is 0.531. The van der Waals surface area contributed by atoms with Crippen molar-refractivity contribution in [2.45, 2.75) is 6.54 Å². The molecule has 6 nitrogen and oxygen atoms in total. The Labute approximate surface area is 157 Å². The molecule has 8 heteroatoms. The molecule has 144 valence electrons. The molecule has 0 atom stereocenters. The van der Waals surface area contributed by atoms with E-state index in [0.29, 0.717) is 12.1 Å². The molecule has 0 bridgehead atoms. The molecule has 27 heavy (non-hydrogen) atoms. The van der Waals surface area contributed by atoms with Gasteiger partial charge in [0.2, 0.25) is 5.95 Å². The van der Waals surface area contributed by atoms with Gasteiger partial charge in [0.25, 0.3) is 0 Å². The monoisotopic (exact) mass is 375 g/mol. The predicted octanol–water partition coefficient (Wildman–Crippen LogP) is 1.91. The Hall–Kier alpha value is -2.32. The number of nitrogens with zero attached hydrogens (tertiary/aromatic N) is 5. The van der Waals surface area contributed by atoms with Gasteiger partial charge in [-0.2, -0.15) is 4.98 Å². The molecule has 0 spiro atoms. The topological polar surface area (TPSA) is 44.7 Å². The number of halogens is 2. The molecule has 1 aromatic carbocycles. The first kappa shape index (κ1) is 18.1. The summed E-state index contributed by atoms with van der Waals surface area (Å²) in [5.41, 5.74) is 0.659. The summed E-state index contributed by atoms with van der Waals surface area (Å²) in [6, 6.07) is 5.62. The van der Waals surface area contributed by atoms with Crippen LogP contribution in [0.25, 0.3) is 0 Å². The third-order valence-corrected chi connectivity index (χ3v) is 4.95. The van der Waals surface area contributed by atoms with Gasteiger partial charge in [0.1, 0.15) is 17.5 Å². The third kappa shape index (κ3) is 4.51. The number of aromatic nitrogens is 2. The van der Waals surface area contributed by atoms with Gasteiger partial charge in [-0.25, -0.2) is 13.8 Å². The van der Waals surface area contributed by atoms with Crippen molar-refractivity contribution in [1.29, 1.82) is 0 Å². The van der Waals surface area contributed by atoms with Crippen LogP contribution in [0.5, 0.6) is 0 Å². The lowest BCUT2D eigenvalue weighted by molar-refractivity contribution is 0.122. The van der Waals surface area contributed by atoms with Gasteiger partial charge in [-0.3, -0.25) is 4.90 Å². The molecule has 0 unspecified atom stereocenters. The molecule has 2 fully saturated rings. The van der Waals surface area contributed by atoms with Crippen LogP contribution in [-0.2, 0) is 11.3 Å². The van der Waals surface area contributed by atoms with Gasteiger partial charge in [-0.15, -0.1) is 0 Å². The average Bonchev–Trinajstić information content (AvgIpc) is 2.69. The molecule has 4 rings (SSSR count). The maximum Gasteiger partial charge on any atom is 0.227 e. The molecule has 2 aliphatic heterocycles. The summed E-state index contributed by atoms with van der Waals surface area (Å²) in [5.74, 6) is 0.602. The van der Waals surface area contributed by atoms with E-state index in [1.54, 1.807) is 6.20 Å².